The minimum absolute atomic E-state index is 0.00199. The molecule has 0 aliphatic rings. The van der Waals surface area contributed by atoms with Crippen LogP contribution < -0.4 is 14.8 Å². The highest BCUT2D eigenvalue weighted by Gasteiger charge is 2.18. The molecule has 3 aromatic carbocycles. The first kappa shape index (κ1) is 22.3. The average molecular weight is 423 g/mol. The zero-order valence-corrected chi connectivity index (χ0v) is 18.0. The molecule has 0 saturated heterocycles. The van der Waals surface area contributed by atoms with E-state index in [1.165, 1.54) is 12.1 Å². The lowest BCUT2D eigenvalue weighted by atomic mass is 10.1. The summed E-state index contributed by atoms with van der Waals surface area (Å²) in [7, 11) is 5.58. The van der Waals surface area contributed by atoms with Gasteiger partial charge in [-0.15, -0.1) is 0 Å². The Hall–Kier alpha value is -3.38. The molecule has 1 amide bonds. The number of halogens is 1. The van der Waals surface area contributed by atoms with Crippen molar-refractivity contribution in [3.8, 4) is 11.5 Å². The van der Waals surface area contributed by atoms with Crippen LogP contribution in [0.25, 0.3) is 0 Å². The van der Waals surface area contributed by atoms with Crippen molar-refractivity contribution in [1.29, 1.82) is 0 Å². The topological polar surface area (TPSA) is 50.8 Å². The summed E-state index contributed by atoms with van der Waals surface area (Å²) in [5, 5.41) is 3.01. The van der Waals surface area contributed by atoms with E-state index in [9.17, 15) is 9.18 Å². The summed E-state index contributed by atoms with van der Waals surface area (Å²) in [6.07, 6.45) is 0. The minimum atomic E-state index is -0.296. The first-order chi connectivity index (χ1) is 15.0. The number of carbonyl (C=O) groups is 1. The number of nitrogens with one attached hydrogen (secondary N) is 1. The highest BCUT2D eigenvalue weighted by atomic mass is 19.1. The number of methoxy groups -OCH3 is 1. The number of nitrogens with zero attached hydrogens (tertiary/aromatic N) is 1. The maximum absolute atomic E-state index is 13.1. The van der Waals surface area contributed by atoms with Gasteiger partial charge in [0.15, 0.2) is 0 Å². The van der Waals surface area contributed by atoms with E-state index in [1.54, 1.807) is 37.4 Å². The fraction of sp³-hybridized carbons (Fsp3) is 0.240. The van der Waals surface area contributed by atoms with Crippen LogP contribution in [0, 0.1) is 5.82 Å². The monoisotopic (exact) mass is 422 g/mol. The SMILES string of the molecule is COc1ccc(C(CNC(=O)c2ccccc2OCc2ccc(F)cc2)N(C)C)cc1. The Morgan fingerprint density at radius 2 is 1.68 bits per heavy atom. The van der Waals surface area contributed by atoms with Crippen molar-refractivity contribution >= 4 is 5.91 Å². The van der Waals surface area contributed by atoms with Gasteiger partial charge in [-0.2, -0.15) is 0 Å². The average Bonchev–Trinajstić information content (AvgIpc) is 2.79. The normalized spacial score (nSPS) is 11.8. The van der Waals surface area contributed by atoms with Gasteiger partial charge in [0.2, 0.25) is 0 Å². The summed E-state index contributed by atoms with van der Waals surface area (Å²) in [6.45, 7) is 0.682. The van der Waals surface area contributed by atoms with Gasteiger partial charge in [0, 0.05) is 6.54 Å². The molecule has 0 heterocycles. The fourth-order valence-electron chi connectivity index (χ4n) is 3.23. The zero-order chi connectivity index (χ0) is 22.2. The number of amides is 1. The van der Waals surface area contributed by atoms with Crippen molar-refractivity contribution in [3.05, 3.63) is 95.3 Å². The highest BCUT2D eigenvalue weighted by Crippen LogP contribution is 2.22. The van der Waals surface area contributed by atoms with Gasteiger partial charge >= 0.3 is 0 Å². The molecule has 162 valence electrons. The van der Waals surface area contributed by atoms with Crippen LogP contribution >= 0.6 is 0 Å². The Morgan fingerprint density at radius 1 is 1.00 bits per heavy atom. The number of ether oxygens (including phenoxy) is 2. The largest absolute Gasteiger partial charge is 0.497 e. The van der Waals surface area contributed by atoms with Crippen molar-refractivity contribution in [1.82, 2.24) is 10.2 Å². The molecule has 1 unspecified atom stereocenters. The van der Waals surface area contributed by atoms with Gasteiger partial charge in [-0.25, -0.2) is 4.39 Å². The van der Waals surface area contributed by atoms with Crippen LogP contribution in [-0.2, 0) is 6.61 Å². The Balaban J connectivity index is 1.66. The molecule has 0 saturated carbocycles. The van der Waals surface area contributed by atoms with E-state index >= 15 is 0 Å². The van der Waals surface area contributed by atoms with Crippen LogP contribution in [0.15, 0.2) is 72.8 Å². The maximum Gasteiger partial charge on any atom is 0.255 e. The second-order valence-electron chi connectivity index (χ2n) is 7.37. The summed E-state index contributed by atoms with van der Waals surface area (Å²) in [5.74, 6) is 0.763. The van der Waals surface area contributed by atoms with Gasteiger partial charge in [0.25, 0.3) is 5.91 Å². The predicted octanol–water partition coefficient (Wildman–Crippen LogP) is 4.45. The zero-order valence-electron chi connectivity index (χ0n) is 18.0. The van der Waals surface area contributed by atoms with E-state index in [-0.39, 0.29) is 24.4 Å². The Morgan fingerprint density at radius 3 is 2.32 bits per heavy atom. The molecule has 3 rings (SSSR count). The second kappa shape index (κ2) is 10.6. The van der Waals surface area contributed by atoms with Gasteiger partial charge in [-0.1, -0.05) is 36.4 Å². The van der Waals surface area contributed by atoms with Crippen LogP contribution in [0.5, 0.6) is 11.5 Å². The van der Waals surface area contributed by atoms with E-state index in [0.717, 1.165) is 16.9 Å². The van der Waals surface area contributed by atoms with E-state index in [0.29, 0.717) is 17.9 Å². The number of para-hydroxylation sites is 1. The van der Waals surface area contributed by atoms with E-state index in [4.69, 9.17) is 9.47 Å². The third kappa shape index (κ3) is 6.06. The lowest BCUT2D eigenvalue weighted by Gasteiger charge is -2.25. The minimum Gasteiger partial charge on any atom is -0.497 e. The molecule has 0 bridgehead atoms. The maximum atomic E-state index is 13.1. The molecule has 5 nitrogen and oxygen atoms in total. The van der Waals surface area contributed by atoms with E-state index in [1.807, 2.05) is 44.4 Å². The number of likely N-dealkylation sites (N-methyl/N-ethyl adjacent to an activating group) is 1. The molecule has 0 fully saturated rings. The third-order valence-corrected chi connectivity index (χ3v) is 5.02. The van der Waals surface area contributed by atoms with Crippen molar-refractivity contribution in [2.24, 2.45) is 0 Å². The molecule has 1 atom stereocenters. The van der Waals surface area contributed by atoms with Crippen LogP contribution in [0.3, 0.4) is 0 Å². The van der Waals surface area contributed by atoms with Crippen molar-refractivity contribution in [3.63, 3.8) is 0 Å². The Bertz CT molecular complexity index is 988. The Labute approximate surface area is 182 Å². The molecule has 31 heavy (non-hydrogen) atoms. The fourth-order valence-corrected chi connectivity index (χ4v) is 3.23. The standard InChI is InChI=1S/C25H27FN2O3/c1-28(2)23(19-10-14-21(30-3)15-11-19)16-27-25(29)22-6-4-5-7-24(22)31-17-18-8-12-20(26)13-9-18/h4-15,23H,16-17H2,1-3H3,(H,27,29). The van der Waals surface area contributed by atoms with Crippen LogP contribution in [0.2, 0.25) is 0 Å². The van der Waals surface area contributed by atoms with Crippen LogP contribution in [-0.4, -0.2) is 38.6 Å². The van der Waals surface area contributed by atoms with Gasteiger partial charge in [0.1, 0.15) is 23.9 Å². The summed E-state index contributed by atoms with van der Waals surface area (Å²) in [5.41, 5.74) is 2.35. The number of carbonyl (C=O) groups excluding carboxylic acids is 1. The molecule has 0 aliphatic carbocycles. The van der Waals surface area contributed by atoms with Crippen molar-refractivity contribution in [2.75, 3.05) is 27.7 Å². The van der Waals surface area contributed by atoms with E-state index in [2.05, 4.69) is 10.2 Å². The van der Waals surface area contributed by atoms with Crippen LogP contribution in [0.4, 0.5) is 4.39 Å². The first-order valence-electron chi connectivity index (χ1n) is 10.0. The molecular weight excluding hydrogens is 395 g/mol. The first-order valence-corrected chi connectivity index (χ1v) is 10.0. The molecule has 3 aromatic rings. The lowest BCUT2D eigenvalue weighted by Crippen LogP contribution is -2.34. The lowest BCUT2D eigenvalue weighted by molar-refractivity contribution is 0.0937. The molecule has 0 aromatic heterocycles. The van der Waals surface area contributed by atoms with Gasteiger partial charge in [-0.05, 0) is 61.6 Å². The molecule has 1 N–H and O–H groups in total. The van der Waals surface area contributed by atoms with Crippen molar-refractivity contribution < 1.29 is 18.7 Å². The van der Waals surface area contributed by atoms with Gasteiger partial charge in [-0.3, -0.25) is 4.79 Å². The number of hydrogen-bond acceptors (Lipinski definition) is 4. The molecule has 0 radical (unpaired) electrons. The highest BCUT2D eigenvalue weighted by molar-refractivity contribution is 5.96. The second-order valence-corrected chi connectivity index (χ2v) is 7.37. The number of rotatable bonds is 9. The summed E-state index contributed by atoms with van der Waals surface area (Å²) in [6, 6.07) is 21.0. The smallest absolute Gasteiger partial charge is 0.255 e. The van der Waals surface area contributed by atoms with Gasteiger partial charge < -0.3 is 19.7 Å². The predicted molar refractivity (Wildman–Crippen MR) is 119 cm³/mol. The van der Waals surface area contributed by atoms with Gasteiger partial charge in [0.05, 0.1) is 18.7 Å². The molecule has 0 aliphatic heterocycles. The summed E-state index contributed by atoms with van der Waals surface area (Å²) < 4.78 is 24.1. The van der Waals surface area contributed by atoms with Crippen molar-refractivity contribution in [2.45, 2.75) is 12.6 Å². The quantitative estimate of drug-likeness (QED) is 0.554. The number of hydrogen-bond donors (Lipinski definition) is 1. The third-order valence-electron chi connectivity index (χ3n) is 5.02. The van der Waals surface area contributed by atoms with Crippen LogP contribution in [0.1, 0.15) is 27.5 Å². The molecular formula is C25H27FN2O3. The van der Waals surface area contributed by atoms with E-state index < -0.39 is 0 Å². The Kier molecular flexibility index (Phi) is 7.62. The summed E-state index contributed by atoms with van der Waals surface area (Å²) in [4.78, 5) is 15.0. The molecule has 0 spiro atoms. The summed E-state index contributed by atoms with van der Waals surface area (Å²) >= 11 is 0. The number of benzene rings is 3. The molecule has 6 heteroatoms.